The van der Waals surface area contributed by atoms with E-state index in [1.165, 1.54) is 24.3 Å². The summed E-state index contributed by atoms with van der Waals surface area (Å²) in [6.45, 7) is 17.9. The van der Waals surface area contributed by atoms with Gasteiger partial charge in [-0.2, -0.15) is 15.3 Å². The molecule has 0 spiro atoms. The average molecular weight is 1780 g/mol. The molecule has 1 aliphatic rings. The Hall–Kier alpha value is -15.8. The summed E-state index contributed by atoms with van der Waals surface area (Å²) in [5.74, 6) is 0.346. The van der Waals surface area contributed by atoms with E-state index in [1.807, 2.05) is 228 Å². The molecular weight excluding hydrogens is 1690 g/mol. The summed E-state index contributed by atoms with van der Waals surface area (Å²) in [6, 6.07) is 55.3. The number of aromatic nitrogens is 18. The lowest BCUT2D eigenvalue weighted by Crippen LogP contribution is -2.38. The molecule has 666 valence electrons. The molecule has 21 rings (SSSR count). The maximum absolute atomic E-state index is 14.8. The summed E-state index contributed by atoms with van der Waals surface area (Å²) in [7, 11) is 5.76. The molecule has 1 saturated heterocycles. The molecular formula is C107H92F4N20O3. The van der Waals surface area contributed by atoms with Crippen LogP contribution in [0.15, 0.2) is 298 Å². The van der Waals surface area contributed by atoms with Gasteiger partial charge in [-0.3, -0.25) is 38.9 Å². The first kappa shape index (κ1) is 88.8. The predicted molar refractivity (Wildman–Crippen MR) is 515 cm³/mol. The molecule has 16 aromatic heterocycles. The Morgan fingerprint density at radius 2 is 0.664 bits per heavy atom. The van der Waals surface area contributed by atoms with E-state index in [4.69, 9.17) is 13.9 Å². The third-order valence-corrected chi connectivity index (χ3v) is 23.1. The molecule has 1 fully saturated rings. The Morgan fingerprint density at radius 3 is 1.00 bits per heavy atom. The standard InChI is InChI=1S/C29H27FN6O.C27H25FN6.C26H22FN5O.C25H18FN3O/c1-20-4-5-27(30)26(13-20)28-15-25(24-3-2-6-32-29(24)34-28)22-14-21(16-31-17-22)23-18-33-36(19-23)8-7-35-9-11-37-12-10-35;1-18-6-7-25(28)24(11-18)26-13-23(22-5-4-8-30-27(22)32-26)20-12-19(14-29-15-20)21-16-31-34(17-21)10-9-33(2)3;1-17-5-6-24(27)23(10-17)25-12-22(21-4-3-7-29-26(21)31-25)19-11-18(13-28-14-19)20-15-30-32(16-20)8-9-33-2;1-15-5-7-22(26)21(10-15)23-12-20(19-4-3-9-28-25(19)29-23)17-11-18(14-27-13-17)24-8-6-16(2)30-24/h2-6,13-19H,7-12H2,1H3;4-8,11-17H,9-10H2,1-3H3;3-7,10-16H,8-9H2,1-2H3;3-14H,1-2H3. The number of morpholine rings is 1. The zero-order valence-corrected chi connectivity index (χ0v) is 75.0. The highest BCUT2D eigenvalue weighted by Gasteiger charge is 2.23. The number of rotatable bonds is 21. The molecule has 134 heavy (non-hydrogen) atoms. The van der Waals surface area contributed by atoms with Crippen LogP contribution in [0.5, 0.6) is 0 Å². The van der Waals surface area contributed by atoms with Crippen LogP contribution < -0.4 is 0 Å². The minimum Gasteiger partial charge on any atom is -0.461 e. The van der Waals surface area contributed by atoms with E-state index in [2.05, 4.69) is 109 Å². The van der Waals surface area contributed by atoms with Crippen molar-refractivity contribution in [3.63, 3.8) is 0 Å². The number of benzene rings is 4. The summed E-state index contributed by atoms with van der Waals surface area (Å²) in [6.07, 6.45) is 32.9. The van der Waals surface area contributed by atoms with E-state index in [-0.39, 0.29) is 23.3 Å². The fraction of sp³-hybridized carbons (Fsp3) is 0.168. The van der Waals surface area contributed by atoms with Crippen molar-refractivity contribution in [2.24, 2.45) is 0 Å². The normalized spacial score (nSPS) is 12.1. The SMILES string of the molecule is COCCn1cc(-c2cncc(-c3cc(-c4cc(C)ccc4F)nc4ncccc34)c2)cn1.Cc1ccc(F)c(-c2cc(-c3cncc(-c4ccc(C)o4)c3)c3cccnc3n2)c1.Cc1ccc(F)c(-c2cc(-c3cncc(-c4cnn(CCN(C)C)c4)c3)c3cccnc3n2)c1.Cc1ccc(F)c(-c2cc(-c3cncc(-c4cnn(CCN5CCOCC5)c4)c3)c3cccnc3n2)c1. The number of ether oxygens (including phenoxy) is 2. The number of methoxy groups -OCH3 is 1. The largest absolute Gasteiger partial charge is 0.461 e. The van der Waals surface area contributed by atoms with Gasteiger partial charge in [-0.1, -0.05) is 46.5 Å². The molecule has 23 nitrogen and oxygen atoms in total. The number of fused-ring (bicyclic) bond motifs is 4. The number of aryl methyl sites for hydroxylation is 5. The Balaban J connectivity index is 0.000000120. The maximum atomic E-state index is 14.8. The zero-order chi connectivity index (χ0) is 92.3. The first-order valence-corrected chi connectivity index (χ1v) is 43.8. The first-order valence-electron chi connectivity index (χ1n) is 43.8. The molecule has 20 aromatic rings. The van der Waals surface area contributed by atoms with Crippen LogP contribution in [-0.4, -0.2) is 166 Å². The molecule has 0 atom stereocenters. The fourth-order valence-corrected chi connectivity index (χ4v) is 16.1. The van der Waals surface area contributed by atoms with Gasteiger partial charge in [0, 0.05) is 231 Å². The second-order valence-corrected chi connectivity index (χ2v) is 33.1. The van der Waals surface area contributed by atoms with Crippen LogP contribution in [0, 0.1) is 57.9 Å². The van der Waals surface area contributed by atoms with Crippen LogP contribution in [0.1, 0.15) is 28.0 Å². The third-order valence-electron chi connectivity index (χ3n) is 23.1. The maximum Gasteiger partial charge on any atom is 0.160 e. The van der Waals surface area contributed by atoms with Crippen molar-refractivity contribution in [3.8, 4) is 134 Å². The number of halogens is 4. The molecule has 0 N–H and O–H groups in total. The highest BCUT2D eigenvalue weighted by Crippen LogP contribution is 2.41. The van der Waals surface area contributed by atoms with Gasteiger partial charge in [0.25, 0.3) is 0 Å². The summed E-state index contributed by atoms with van der Waals surface area (Å²) in [5.41, 5.74) is 24.0. The number of hydrogen-bond donors (Lipinski definition) is 0. The Labute approximate surface area is 770 Å². The molecule has 4 aromatic carbocycles. The van der Waals surface area contributed by atoms with Gasteiger partial charge < -0.3 is 18.8 Å². The lowest BCUT2D eigenvalue weighted by atomic mass is 9.98. The van der Waals surface area contributed by atoms with E-state index in [1.54, 1.807) is 86.9 Å². The third kappa shape index (κ3) is 20.5. The molecule has 17 heterocycles. The predicted octanol–water partition coefficient (Wildman–Crippen LogP) is 21.9. The van der Waals surface area contributed by atoms with Crippen molar-refractivity contribution in [1.82, 2.24) is 98.9 Å². The Kier molecular flexibility index (Phi) is 26.7. The molecule has 0 aliphatic carbocycles. The Morgan fingerprint density at radius 1 is 0.336 bits per heavy atom. The van der Waals surface area contributed by atoms with E-state index >= 15 is 0 Å². The molecule has 0 amide bonds. The van der Waals surface area contributed by atoms with Gasteiger partial charge in [-0.05, 0) is 229 Å². The minimum absolute atomic E-state index is 0.309. The molecule has 0 saturated carbocycles. The summed E-state index contributed by atoms with van der Waals surface area (Å²) in [4.78, 5) is 58.8. The van der Waals surface area contributed by atoms with Crippen LogP contribution >= 0.6 is 0 Å². The highest BCUT2D eigenvalue weighted by molar-refractivity contribution is 5.99. The summed E-state index contributed by atoms with van der Waals surface area (Å²) < 4.78 is 80.8. The highest BCUT2D eigenvalue weighted by atomic mass is 19.1. The van der Waals surface area contributed by atoms with E-state index in [9.17, 15) is 17.6 Å². The van der Waals surface area contributed by atoms with Crippen molar-refractivity contribution in [2.75, 3.05) is 67.2 Å². The Bertz CT molecular complexity index is 7660. The van der Waals surface area contributed by atoms with Gasteiger partial charge in [0.2, 0.25) is 0 Å². The lowest BCUT2D eigenvalue weighted by molar-refractivity contribution is 0.0360. The van der Waals surface area contributed by atoms with Gasteiger partial charge in [-0.15, -0.1) is 0 Å². The van der Waals surface area contributed by atoms with Gasteiger partial charge >= 0.3 is 0 Å². The number of likely N-dealkylation sites (N-methyl/N-ethyl adjacent to an activating group) is 1. The van der Waals surface area contributed by atoms with Crippen molar-refractivity contribution in [1.29, 1.82) is 0 Å². The topological polar surface area (TPSA) is 246 Å². The summed E-state index contributed by atoms with van der Waals surface area (Å²) in [5, 5.41) is 17.0. The monoisotopic (exact) mass is 1780 g/mol. The molecule has 0 unspecified atom stereocenters. The average Bonchev–Trinajstić information content (AvgIpc) is 0.849. The summed E-state index contributed by atoms with van der Waals surface area (Å²) >= 11 is 0. The van der Waals surface area contributed by atoms with Crippen molar-refractivity contribution in [2.45, 2.75) is 54.3 Å². The number of nitrogens with zero attached hydrogens (tertiary/aromatic N) is 20. The van der Waals surface area contributed by atoms with Crippen LogP contribution in [0.3, 0.4) is 0 Å². The van der Waals surface area contributed by atoms with Crippen molar-refractivity contribution >= 4 is 44.1 Å². The van der Waals surface area contributed by atoms with Crippen molar-refractivity contribution < 1.29 is 31.5 Å². The van der Waals surface area contributed by atoms with Gasteiger partial charge in [0.15, 0.2) is 22.6 Å². The quantitative estimate of drug-likeness (QED) is 0.0607. The minimum atomic E-state index is -0.315. The van der Waals surface area contributed by atoms with Crippen LogP contribution in [0.25, 0.3) is 178 Å². The van der Waals surface area contributed by atoms with Gasteiger partial charge in [-0.25, -0.2) is 57.4 Å². The molecule has 0 bridgehead atoms. The number of furan rings is 1. The van der Waals surface area contributed by atoms with Gasteiger partial charge in [0.1, 0.15) is 34.8 Å². The molecule has 0 radical (unpaired) electrons. The van der Waals surface area contributed by atoms with Crippen LogP contribution in [0.4, 0.5) is 17.6 Å². The van der Waals surface area contributed by atoms with Crippen LogP contribution in [0.2, 0.25) is 0 Å². The fourth-order valence-electron chi connectivity index (χ4n) is 16.1. The second kappa shape index (κ2) is 40.3. The zero-order valence-electron chi connectivity index (χ0n) is 75.0. The second-order valence-electron chi connectivity index (χ2n) is 33.1. The van der Waals surface area contributed by atoms with E-state index in [0.29, 0.717) is 80.8 Å². The number of pyridine rings is 12. The van der Waals surface area contributed by atoms with E-state index in [0.717, 1.165) is 191 Å². The molecule has 1 aliphatic heterocycles. The van der Waals surface area contributed by atoms with Gasteiger partial charge in [0.05, 0.1) is 80.8 Å². The lowest BCUT2D eigenvalue weighted by Gasteiger charge is -2.26. The first-order chi connectivity index (χ1) is 65.3. The van der Waals surface area contributed by atoms with Crippen LogP contribution in [-0.2, 0) is 29.1 Å². The number of hydrogen-bond acceptors (Lipinski definition) is 20. The molecule has 27 heteroatoms. The smallest absolute Gasteiger partial charge is 0.160 e. The van der Waals surface area contributed by atoms with Crippen molar-refractivity contribution in [3.05, 3.63) is 345 Å². The van der Waals surface area contributed by atoms with E-state index < -0.39 is 0 Å².